The summed E-state index contributed by atoms with van der Waals surface area (Å²) in [6.07, 6.45) is 5.21. The molecule has 0 atom stereocenters. The molecule has 1 saturated carbocycles. The van der Waals surface area contributed by atoms with Gasteiger partial charge in [-0.25, -0.2) is 4.98 Å². The van der Waals surface area contributed by atoms with E-state index in [4.69, 9.17) is 5.26 Å². The van der Waals surface area contributed by atoms with Crippen LogP contribution in [0.1, 0.15) is 36.9 Å². The summed E-state index contributed by atoms with van der Waals surface area (Å²) < 4.78 is 0. The van der Waals surface area contributed by atoms with E-state index in [2.05, 4.69) is 23.4 Å². The third-order valence-electron chi connectivity index (χ3n) is 2.69. The molecule has 0 spiro atoms. The largest absolute Gasteiger partial charge is 0.246 e. The number of aromatic nitrogens is 1. The molecule has 3 heteroatoms. The van der Waals surface area contributed by atoms with Gasteiger partial charge in [0.2, 0.25) is 0 Å². The van der Waals surface area contributed by atoms with Gasteiger partial charge < -0.3 is 0 Å². The minimum Gasteiger partial charge on any atom is -0.246 e. The molecule has 0 N–H and O–H groups in total. The number of thiazole rings is 1. The Kier molecular flexibility index (Phi) is 2.56. The minimum atomic E-state index is -0.0403. The molecule has 0 amide bonds. The molecule has 0 radical (unpaired) electrons. The van der Waals surface area contributed by atoms with Crippen LogP contribution >= 0.6 is 11.3 Å². The first-order valence-electron chi connectivity index (χ1n) is 5.12. The van der Waals surface area contributed by atoms with Crippen LogP contribution in [0.25, 0.3) is 0 Å². The molecule has 1 aliphatic rings. The van der Waals surface area contributed by atoms with Crippen molar-refractivity contribution < 1.29 is 0 Å². The van der Waals surface area contributed by atoms with Gasteiger partial charge in [0.05, 0.1) is 22.2 Å². The molecule has 1 aromatic heterocycles. The van der Waals surface area contributed by atoms with Crippen molar-refractivity contribution in [1.29, 1.82) is 5.26 Å². The fraction of sp³-hybridized carbons (Fsp3) is 0.636. The molecule has 1 heterocycles. The number of hydrogen-bond donors (Lipinski definition) is 0. The smallest absolute Gasteiger partial charge is 0.0944 e. The standard InChI is InChI=1S/C11H14N2S/c1-2-3-9-7-14-10(13-9)6-11(8-12)4-5-11/h7H,2-6H2,1H3. The van der Waals surface area contributed by atoms with Gasteiger partial charge in [-0.1, -0.05) is 13.3 Å². The van der Waals surface area contributed by atoms with Gasteiger partial charge in [-0.05, 0) is 19.3 Å². The Labute approximate surface area is 88.6 Å². The average molecular weight is 206 g/mol. The maximum absolute atomic E-state index is 8.95. The monoisotopic (exact) mass is 206 g/mol. The highest BCUT2D eigenvalue weighted by Gasteiger charge is 2.43. The lowest BCUT2D eigenvalue weighted by Gasteiger charge is -1.99. The second-order valence-electron chi connectivity index (χ2n) is 4.05. The van der Waals surface area contributed by atoms with Gasteiger partial charge in [0.1, 0.15) is 0 Å². The Morgan fingerprint density at radius 2 is 2.43 bits per heavy atom. The van der Waals surface area contributed by atoms with E-state index in [0.717, 1.165) is 37.1 Å². The van der Waals surface area contributed by atoms with Gasteiger partial charge in [0.15, 0.2) is 0 Å². The molecule has 1 aromatic rings. The Morgan fingerprint density at radius 1 is 1.64 bits per heavy atom. The summed E-state index contributed by atoms with van der Waals surface area (Å²) in [4.78, 5) is 4.54. The summed E-state index contributed by atoms with van der Waals surface area (Å²) >= 11 is 1.71. The first kappa shape index (κ1) is 9.67. The first-order chi connectivity index (χ1) is 6.78. The molecule has 0 bridgehead atoms. The predicted molar refractivity (Wildman–Crippen MR) is 57.1 cm³/mol. The van der Waals surface area contributed by atoms with Crippen molar-refractivity contribution >= 4 is 11.3 Å². The summed E-state index contributed by atoms with van der Waals surface area (Å²) in [6, 6.07) is 2.41. The van der Waals surface area contributed by atoms with Crippen molar-refractivity contribution in [2.24, 2.45) is 5.41 Å². The molecule has 0 saturated heterocycles. The van der Waals surface area contributed by atoms with E-state index in [1.165, 1.54) is 5.69 Å². The van der Waals surface area contributed by atoms with E-state index in [9.17, 15) is 0 Å². The zero-order valence-electron chi connectivity index (χ0n) is 8.42. The zero-order chi connectivity index (χ0) is 10.0. The Hall–Kier alpha value is -0.880. The summed E-state index contributed by atoms with van der Waals surface area (Å²) in [5, 5.41) is 12.2. The van der Waals surface area contributed by atoms with Crippen molar-refractivity contribution in [2.45, 2.75) is 39.0 Å². The first-order valence-corrected chi connectivity index (χ1v) is 6.00. The van der Waals surface area contributed by atoms with Gasteiger partial charge in [0.25, 0.3) is 0 Å². The average Bonchev–Trinajstić information content (AvgIpc) is 2.82. The number of hydrogen-bond acceptors (Lipinski definition) is 3. The highest BCUT2D eigenvalue weighted by molar-refractivity contribution is 7.09. The lowest BCUT2D eigenvalue weighted by atomic mass is 10.1. The van der Waals surface area contributed by atoms with Crippen molar-refractivity contribution in [3.05, 3.63) is 16.1 Å². The van der Waals surface area contributed by atoms with Crippen molar-refractivity contribution in [2.75, 3.05) is 0 Å². The van der Waals surface area contributed by atoms with Crippen LogP contribution in [0.2, 0.25) is 0 Å². The summed E-state index contributed by atoms with van der Waals surface area (Å²) in [5.74, 6) is 0. The topological polar surface area (TPSA) is 36.7 Å². The van der Waals surface area contributed by atoms with Crippen LogP contribution < -0.4 is 0 Å². The fourth-order valence-electron chi connectivity index (χ4n) is 1.57. The number of nitrogens with zero attached hydrogens (tertiary/aromatic N) is 2. The maximum Gasteiger partial charge on any atom is 0.0944 e. The number of rotatable bonds is 4. The fourth-order valence-corrected chi connectivity index (χ4v) is 2.54. The van der Waals surface area contributed by atoms with Crippen LogP contribution in [0, 0.1) is 16.7 Å². The maximum atomic E-state index is 8.95. The van der Waals surface area contributed by atoms with Crippen LogP contribution in [-0.2, 0) is 12.8 Å². The van der Waals surface area contributed by atoms with E-state index in [1.54, 1.807) is 11.3 Å². The van der Waals surface area contributed by atoms with Crippen LogP contribution in [0.3, 0.4) is 0 Å². The van der Waals surface area contributed by atoms with E-state index < -0.39 is 0 Å². The van der Waals surface area contributed by atoms with E-state index in [0.29, 0.717) is 0 Å². The molecular formula is C11H14N2S. The second-order valence-corrected chi connectivity index (χ2v) is 4.99. The Balaban J connectivity index is 2.00. The van der Waals surface area contributed by atoms with E-state index >= 15 is 0 Å². The molecule has 74 valence electrons. The Bertz CT molecular complexity index is 358. The molecule has 0 aliphatic heterocycles. The van der Waals surface area contributed by atoms with Gasteiger partial charge in [0, 0.05) is 11.8 Å². The highest BCUT2D eigenvalue weighted by Crippen LogP contribution is 2.47. The van der Waals surface area contributed by atoms with Gasteiger partial charge in [-0.15, -0.1) is 11.3 Å². The van der Waals surface area contributed by atoms with Gasteiger partial charge >= 0.3 is 0 Å². The summed E-state index contributed by atoms with van der Waals surface area (Å²) in [6.45, 7) is 2.16. The number of nitriles is 1. The minimum absolute atomic E-state index is 0.0403. The van der Waals surface area contributed by atoms with E-state index in [1.807, 2.05) is 0 Å². The lowest BCUT2D eigenvalue weighted by molar-refractivity contribution is 0.659. The van der Waals surface area contributed by atoms with Crippen molar-refractivity contribution in [3.8, 4) is 6.07 Å². The molecule has 1 fully saturated rings. The van der Waals surface area contributed by atoms with Crippen LogP contribution in [-0.4, -0.2) is 4.98 Å². The molecule has 2 rings (SSSR count). The summed E-state index contributed by atoms with van der Waals surface area (Å²) in [7, 11) is 0. The lowest BCUT2D eigenvalue weighted by Crippen LogP contribution is -2.01. The molecule has 0 unspecified atom stereocenters. The van der Waals surface area contributed by atoms with Gasteiger partial charge in [-0.2, -0.15) is 5.26 Å². The van der Waals surface area contributed by atoms with Crippen LogP contribution in [0.15, 0.2) is 5.38 Å². The van der Waals surface area contributed by atoms with Crippen molar-refractivity contribution in [3.63, 3.8) is 0 Å². The highest BCUT2D eigenvalue weighted by atomic mass is 32.1. The third-order valence-corrected chi connectivity index (χ3v) is 3.58. The van der Waals surface area contributed by atoms with Crippen LogP contribution in [0.4, 0.5) is 0 Å². The third kappa shape index (κ3) is 1.96. The SMILES string of the molecule is CCCc1csc(CC2(C#N)CC2)n1. The van der Waals surface area contributed by atoms with Crippen molar-refractivity contribution in [1.82, 2.24) is 4.98 Å². The van der Waals surface area contributed by atoms with E-state index in [-0.39, 0.29) is 5.41 Å². The molecular weight excluding hydrogens is 192 g/mol. The Morgan fingerprint density at radius 3 is 3.00 bits per heavy atom. The quantitative estimate of drug-likeness (QED) is 0.759. The second kappa shape index (κ2) is 3.70. The van der Waals surface area contributed by atoms with Gasteiger partial charge in [-0.3, -0.25) is 0 Å². The molecule has 14 heavy (non-hydrogen) atoms. The zero-order valence-corrected chi connectivity index (χ0v) is 9.23. The van der Waals surface area contributed by atoms with Crippen LogP contribution in [0.5, 0.6) is 0 Å². The number of aryl methyl sites for hydroxylation is 1. The summed E-state index contributed by atoms with van der Waals surface area (Å²) in [5.41, 5.74) is 1.16. The molecule has 1 aliphatic carbocycles. The molecule has 2 nitrogen and oxygen atoms in total. The normalized spacial score (nSPS) is 17.7. The predicted octanol–water partition coefficient (Wildman–Crippen LogP) is 2.94. The molecule has 0 aromatic carbocycles.